The number of carboxylic acid groups (broad SMARTS) is 2. The molecule has 1 aromatic rings. The molecule has 0 aliphatic rings. The smallest absolute Gasteiger partial charge is 0.337 e. The van der Waals surface area contributed by atoms with Gasteiger partial charge in [-0.25, -0.2) is 4.79 Å². The van der Waals surface area contributed by atoms with Crippen LogP contribution in [-0.4, -0.2) is 22.7 Å². The fourth-order valence-corrected chi connectivity index (χ4v) is 0.851. The number of carbonyl (C=O) groups is 2. The molecular formula is C8H10ClNO4. The second-order valence-corrected chi connectivity index (χ2v) is 2.30. The Hall–Kier alpha value is -1.59. The highest BCUT2D eigenvalue weighted by molar-refractivity contribution is 6.33. The summed E-state index contributed by atoms with van der Waals surface area (Å²) in [6, 6.07) is 6.33. The van der Waals surface area contributed by atoms with Crippen LogP contribution in [0.25, 0.3) is 0 Å². The minimum absolute atomic E-state index is 0. The van der Waals surface area contributed by atoms with E-state index in [1.54, 1.807) is 18.2 Å². The molecular weight excluding hydrogens is 210 g/mol. The monoisotopic (exact) mass is 219 g/mol. The standard InChI is InChI=1S/C7H5ClO2.CH2O2.H3N/c8-6-4-2-1-3-5(6)7(9)10;2-1-3;/h1-4H,(H,9,10);1H,(H,2,3);1H3. The molecule has 0 aromatic heterocycles. The highest BCUT2D eigenvalue weighted by Gasteiger charge is 2.04. The van der Waals surface area contributed by atoms with Crippen molar-refractivity contribution in [3.63, 3.8) is 0 Å². The maximum Gasteiger partial charge on any atom is 0.337 e. The summed E-state index contributed by atoms with van der Waals surface area (Å²) in [5, 5.41) is 15.6. The lowest BCUT2D eigenvalue weighted by Crippen LogP contribution is -1.95. The Morgan fingerprint density at radius 2 is 1.79 bits per heavy atom. The Labute approximate surface area is 85.5 Å². The van der Waals surface area contributed by atoms with Gasteiger partial charge < -0.3 is 16.4 Å². The van der Waals surface area contributed by atoms with Crippen LogP contribution in [-0.2, 0) is 4.79 Å². The van der Waals surface area contributed by atoms with Gasteiger partial charge in [-0.05, 0) is 12.1 Å². The maximum absolute atomic E-state index is 10.3. The third-order valence-electron chi connectivity index (χ3n) is 1.10. The van der Waals surface area contributed by atoms with Crippen LogP contribution >= 0.6 is 11.6 Å². The largest absolute Gasteiger partial charge is 0.483 e. The van der Waals surface area contributed by atoms with Gasteiger partial charge in [0.15, 0.2) is 0 Å². The highest BCUT2D eigenvalue weighted by Crippen LogP contribution is 2.13. The molecule has 0 atom stereocenters. The summed E-state index contributed by atoms with van der Waals surface area (Å²) in [5.41, 5.74) is 0.143. The second-order valence-electron chi connectivity index (χ2n) is 1.89. The number of hydrogen-bond acceptors (Lipinski definition) is 3. The quantitative estimate of drug-likeness (QED) is 0.625. The molecule has 0 fully saturated rings. The van der Waals surface area contributed by atoms with Gasteiger partial charge in [0.2, 0.25) is 0 Å². The normalized spacial score (nSPS) is 7.50. The van der Waals surface area contributed by atoms with Crippen LogP contribution < -0.4 is 6.15 Å². The van der Waals surface area contributed by atoms with Crippen molar-refractivity contribution in [1.82, 2.24) is 6.15 Å². The van der Waals surface area contributed by atoms with Gasteiger partial charge in [0, 0.05) is 0 Å². The molecule has 0 aliphatic carbocycles. The third kappa shape index (κ3) is 5.13. The van der Waals surface area contributed by atoms with E-state index >= 15 is 0 Å². The van der Waals surface area contributed by atoms with Crippen molar-refractivity contribution >= 4 is 24.0 Å². The van der Waals surface area contributed by atoms with E-state index in [0.29, 0.717) is 0 Å². The topological polar surface area (TPSA) is 110 Å². The van der Waals surface area contributed by atoms with E-state index < -0.39 is 5.97 Å². The zero-order valence-corrected chi connectivity index (χ0v) is 7.94. The summed E-state index contributed by atoms with van der Waals surface area (Å²) < 4.78 is 0. The van der Waals surface area contributed by atoms with Crippen molar-refractivity contribution in [3.05, 3.63) is 34.9 Å². The third-order valence-corrected chi connectivity index (χ3v) is 1.43. The van der Waals surface area contributed by atoms with E-state index in [1.165, 1.54) is 6.07 Å². The van der Waals surface area contributed by atoms with Crippen LogP contribution in [0.4, 0.5) is 0 Å². The van der Waals surface area contributed by atoms with Crippen molar-refractivity contribution in [2.24, 2.45) is 0 Å². The Morgan fingerprint density at radius 3 is 2.07 bits per heavy atom. The highest BCUT2D eigenvalue weighted by atomic mass is 35.5. The number of carboxylic acids is 1. The minimum atomic E-state index is -0.995. The van der Waals surface area contributed by atoms with Crippen molar-refractivity contribution in [1.29, 1.82) is 0 Å². The molecule has 0 saturated carbocycles. The summed E-state index contributed by atoms with van der Waals surface area (Å²) in [6.45, 7) is -0.250. The van der Waals surface area contributed by atoms with Crippen LogP contribution in [0.1, 0.15) is 10.4 Å². The van der Waals surface area contributed by atoms with Gasteiger partial charge >= 0.3 is 5.97 Å². The van der Waals surface area contributed by atoms with E-state index in [1.807, 2.05) is 0 Å². The summed E-state index contributed by atoms with van der Waals surface area (Å²) in [7, 11) is 0. The number of benzene rings is 1. The summed E-state index contributed by atoms with van der Waals surface area (Å²) >= 11 is 5.54. The number of rotatable bonds is 1. The fraction of sp³-hybridized carbons (Fsp3) is 0. The van der Waals surface area contributed by atoms with Gasteiger partial charge in [0.1, 0.15) is 0 Å². The van der Waals surface area contributed by atoms with Crippen LogP contribution in [0.15, 0.2) is 24.3 Å². The van der Waals surface area contributed by atoms with Gasteiger partial charge in [-0.15, -0.1) is 0 Å². The Morgan fingerprint density at radius 1 is 1.36 bits per heavy atom. The van der Waals surface area contributed by atoms with Crippen LogP contribution in [0.2, 0.25) is 5.02 Å². The van der Waals surface area contributed by atoms with Gasteiger partial charge in [-0.3, -0.25) is 4.79 Å². The van der Waals surface area contributed by atoms with Gasteiger partial charge in [-0.2, -0.15) is 0 Å². The van der Waals surface area contributed by atoms with Crippen molar-refractivity contribution < 1.29 is 19.8 Å². The molecule has 1 rings (SSSR count). The molecule has 0 bridgehead atoms. The Bertz CT molecular complexity index is 303. The predicted molar refractivity (Wildman–Crippen MR) is 52.1 cm³/mol. The van der Waals surface area contributed by atoms with Crippen molar-refractivity contribution in [3.8, 4) is 0 Å². The number of hydrogen-bond donors (Lipinski definition) is 3. The predicted octanol–water partition coefficient (Wildman–Crippen LogP) is 1.90. The molecule has 0 aliphatic heterocycles. The van der Waals surface area contributed by atoms with Gasteiger partial charge in [0.25, 0.3) is 6.47 Å². The molecule has 0 unspecified atom stereocenters. The Kier molecular flexibility index (Phi) is 8.55. The molecule has 6 heteroatoms. The fourth-order valence-electron chi connectivity index (χ4n) is 0.635. The number of aromatic carboxylic acids is 1. The first-order chi connectivity index (χ1) is 6.13. The summed E-state index contributed by atoms with van der Waals surface area (Å²) in [6.07, 6.45) is 0. The van der Waals surface area contributed by atoms with Crippen LogP contribution in [0.3, 0.4) is 0 Å². The van der Waals surface area contributed by atoms with E-state index in [2.05, 4.69) is 0 Å². The zero-order chi connectivity index (χ0) is 10.3. The molecule has 1 aromatic carbocycles. The molecule has 5 nitrogen and oxygen atoms in total. The van der Waals surface area contributed by atoms with E-state index in [0.717, 1.165) is 0 Å². The Balaban J connectivity index is 0. The average molecular weight is 220 g/mol. The molecule has 14 heavy (non-hydrogen) atoms. The van der Waals surface area contributed by atoms with Crippen molar-refractivity contribution in [2.75, 3.05) is 0 Å². The van der Waals surface area contributed by atoms with Crippen molar-refractivity contribution in [2.45, 2.75) is 0 Å². The van der Waals surface area contributed by atoms with E-state index in [9.17, 15) is 4.79 Å². The lowest BCUT2D eigenvalue weighted by molar-refractivity contribution is -0.122. The summed E-state index contributed by atoms with van der Waals surface area (Å²) in [5.74, 6) is -0.995. The molecule has 0 spiro atoms. The molecule has 0 saturated heterocycles. The minimum Gasteiger partial charge on any atom is -0.483 e. The van der Waals surface area contributed by atoms with E-state index in [-0.39, 0.29) is 23.2 Å². The lowest BCUT2D eigenvalue weighted by Gasteiger charge is -1.94. The first kappa shape index (κ1) is 14.9. The number of halogens is 1. The summed E-state index contributed by atoms with van der Waals surface area (Å²) in [4.78, 5) is 18.7. The average Bonchev–Trinajstić information content (AvgIpc) is 2.06. The van der Waals surface area contributed by atoms with E-state index in [4.69, 9.17) is 26.6 Å². The van der Waals surface area contributed by atoms with Crippen LogP contribution in [0, 0.1) is 0 Å². The first-order valence-electron chi connectivity index (χ1n) is 3.19. The second kappa shape index (κ2) is 8.03. The zero-order valence-electron chi connectivity index (χ0n) is 7.18. The lowest BCUT2D eigenvalue weighted by atomic mass is 10.2. The van der Waals surface area contributed by atoms with Gasteiger partial charge in [0.05, 0.1) is 10.6 Å². The first-order valence-corrected chi connectivity index (χ1v) is 3.57. The maximum atomic E-state index is 10.3. The van der Waals surface area contributed by atoms with Crippen LogP contribution in [0.5, 0.6) is 0 Å². The molecule has 0 radical (unpaired) electrons. The molecule has 5 N–H and O–H groups in total. The molecule has 78 valence electrons. The SMILES string of the molecule is N.O=C(O)c1ccccc1Cl.O=CO. The molecule has 0 heterocycles. The molecule has 0 amide bonds. The van der Waals surface area contributed by atoms with Gasteiger partial charge in [-0.1, -0.05) is 23.7 Å².